The molecule has 124 valence electrons. The molecule has 0 amide bonds. The number of hydrogen-bond donors (Lipinski definition) is 0. The molecule has 4 rings (SSSR count). The Morgan fingerprint density at radius 1 is 0.480 bits per heavy atom. The molecule has 0 bridgehead atoms. The summed E-state index contributed by atoms with van der Waals surface area (Å²) >= 11 is 0. The molecule has 0 aliphatic carbocycles. The van der Waals surface area contributed by atoms with Crippen LogP contribution < -0.4 is 9.47 Å². The number of benzene rings is 4. The Hall–Kier alpha value is -3.26. The predicted octanol–water partition coefficient (Wildman–Crippen LogP) is 6.33. The van der Waals surface area contributed by atoms with Gasteiger partial charge in [0.05, 0.1) is 7.11 Å². The maximum absolute atomic E-state index is 5.58. The predicted molar refractivity (Wildman–Crippen MR) is 103 cm³/mol. The molecule has 2 nitrogen and oxygen atoms in total. The van der Waals surface area contributed by atoms with Crippen molar-refractivity contribution in [2.75, 3.05) is 7.11 Å². The highest BCUT2D eigenvalue weighted by atomic mass is 16.5. The third-order valence-corrected chi connectivity index (χ3v) is 3.68. The summed E-state index contributed by atoms with van der Waals surface area (Å²) < 4.78 is 10.7. The highest BCUT2D eigenvalue weighted by Crippen LogP contribution is 2.20. The number of fused-ring (bicyclic) bond motifs is 1. The number of methoxy groups -OCH3 is 1. The third-order valence-electron chi connectivity index (χ3n) is 3.68. The molecule has 4 aromatic carbocycles. The molecule has 0 aliphatic rings. The van der Waals surface area contributed by atoms with Crippen LogP contribution in [0.1, 0.15) is 0 Å². The Kier molecular flexibility index (Phi) is 5.68. The molecule has 2 heteroatoms. The van der Waals surface area contributed by atoms with Crippen molar-refractivity contribution in [1.82, 2.24) is 0 Å². The van der Waals surface area contributed by atoms with Gasteiger partial charge < -0.3 is 9.47 Å². The van der Waals surface area contributed by atoms with Crippen LogP contribution in [-0.4, -0.2) is 7.11 Å². The molecule has 0 radical (unpaired) electrons. The van der Waals surface area contributed by atoms with Crippen LogP contribution in [0.3, 0.4) is 0 Å². The van der Waals surface area contributed by atoms with Gasteiger partial charge in [-0.25, -0.2) is 0 Å². The Labute approximate surface area is 148 Å². The van der Waals surface area contributed by atoms with Crippen molar-refractivity contribution < 1.29 is 9.47 Å². The minimum atomic E-state index is 0.869. The van der Waals surface area contributed by atoms with Crippen molar-refractivity contribution in [3.05, 3.63) is 103 Å². The lowest BCUT2D eigenvalue weighted by Gasteiger charge is -2.03. The zero-order chi connectivity index (χ0) is 17.3. The maximum Gasteiger partial charge on any atom is 0.127 e. The topological polar surface area (TPSA) is 18.5 Å². The smallest absolute Gasteiger partial charge is 0.127 e. The van der Waals surface area contributed by atoms with E-state index >= 15 is 0 Å². The summed E-state index contributed by atoms with van der Waals surface area (Å²) in [5.41, 5.74) is 0. The zero-order valence-electron chi connectivity index (χ0n) is 14.1. The van der Waals surface area contributed by atoms with E-state index in [1.165, 1.54) is 10.8 Å². The molecule has 0 saturated heterocycles. The Bertz CT molecular complexity index is 865. The largest absolute Gasteiger partial charge is 0.497 e. The molecule has 25 heavy (non-hydrogen) atoms. The lowest BCUT2D eigenvalue weighted by Crippen LogP contribution is -1.81. The number of rotatable bonds is 3. The van der Waals surface area contributed by atoms with Crippen LogP contribution >= 0.6 is 0 Å². The maximum atomic E-state index is 5.58. The number of hydrogen-bond acceptors (Lipinski definition) is 2. The summed E-state index contributed by atoms with van der Waals surface area (Å²) in [5, 5.41) is 2.47. The van der Waals surface area contributed by atoms with E-state index in [0.717, 1.165) is 17.2 Å². The summed E-state index contributed by atoms with van der Waals surface area (Å²) in [5.74, 6) is 2.65. The lowest BCUT2D eigenvalue weighted by molar-refractivity contribution is 0.415. The first-order valence-electron chi connectivity index (χ1n) is 8.16. The van der Waals surface area contributed by atoms with Gasteiger partial charge in [-0.1, -0.05) is 66.7 Å². The normalized spacial score (nSPS) is 9.80. The van der Waals surface area contributed by atoms with Gasteiger partial charge in [-0.2, -0.15) is 0 Å². The van der Waals surface area contributed by atoms with Gasteiger partial charge in [-0.05, 0) is 47.2 Å². The highest BCUT2D eigenvalue weighted by Gasteiger charge is 1.93. The van der Waals surface area contributed by atoms with Crippen LogP contribution in [0.5, 0.6) is 17.2 Å². The monoisotopic (exact) mass is 328 g/mol. The Balaban J connectivity index is 0.000000146. The zero-order valence-corrected chi connectivity index (χ0v) is 14.1. The van der Waals surface area contributed by atoms with E-state index in [2.05, 4.69) is 18.2 Å². The quantitative estimate of drug-likeness (QED) is 0.437. The molecule has 0 saturated carbocycles. The van der Waals surface area contributed by atoms with Crippen molar-refractivity contribution in [3.8, 4) is 17.2 Å². The fourth-order valence-electron chi connectivity index (χ4n) is 2.41. The van der Waals surface area contributed by atoms with Gasteiger partial charge in [0.2, 0.25) is 0 Å². The molecular formula is C23H20O2. The van der Waals surface area contributed by atoms with E-state index < -0.39 is 0 Å². The minimum absolute atomic E-state index is 0.869. The van der Waals surface area contributed by atoms with E-state index in [4.69, 9.17) is 9.47 Å². The van der Waals surface area contributed by atoms with Gasteiger partial charge in [0.25, 0.3) is 0 Å². The number of para-hydroxylation sites is 2. The standard InChI is InChI=1S/C12H10O.C11H10O/c1-3-7-11(8-4-1)13-12-9-5-2-6-10-12;1-12-11-7-6-9-4-2-3-5-10(9)8-11/h1-10H;2-8H,1H3. The fourth-order valence-corrected chi connectivity index (χ4v) is 2.41. The van der Waals surface area contributed by atoms with Gasteiger partial charge in [0, 0.05) is 0 Å². The Morgan fingerprint density at radius 2 is 1.00 bits per heavy atom. The van der Waals surface area contributed by atoms with E-state index in [1.807, 2.05) is 84.9 Å². The minimum Gasteiger partial charge on any atom is -0.497 e. The third kappa shape index (κ3) is 4.85. The molecule has 4 aromatic rings. The molecule has 0 aromatic heterocycles. The molecular weight excluding hydrogens is 308 g/mol. The van der Waals surface area contributed by atoms with Crippen LogP contribution in [0.15, 0.2) is 103 Å². The molecule has 0 heterocycles. The molecule has 0 fully saturated rings. The van der Waals surface area contributed by atoms with E-state index in [9.17, 15) is 0 Å². The SMILES string of the molecule is COc1ccc2ccccc2c1.c1ccc(Oc2ccccc2)cc1. The molecule has 0 aliphatic heterocycles. The molecule has 0 spiro atoms. The van der Waals surface area contributed by atoms with Crippen molar-refractivity contribution in [1.29, 1.82) is 0 Å². The lowest BCUT2D eigenvalue weighted by atomic mass is 10.1. The average Bonchev–Trinajstić information content (AvgIpc) is 2.70. The van der Waals surface area contributed by atoms with Gasteiger partial charge >= 0.3 is 0 Å². The van der Waals surface area contributed by atoms with Crippen LogP contribution in [0.25, 0.3) is 10.8 Å². The second-order valence-electron chi connectivity index (χ2n) is 5.44. The van der Waals surface area contributed by atoms with Crippen molar-refractivity contribution in [3.63, 3.8) is 0 Å². The van der Waals surface area contributed by atoms with E-state index in [0.29, 0.717) is 0 Å². The van der Waals surface area contributed by atoms with E-state index in [-0.39, 0.29) is 0 Å². The van der Waals surface area contributed by atoms with E-state index in [1.54, 1.807) is 7.11 Å². The van der Waals surface area contributed by atoms with Crippen molar-refractivity contribution in [2.24, 2.45) is 0 Å². The average molecular weight is 328 g/mol. The first kappa shape index (κ1) is 16.6. The first-order chi connectivity index (χ1) is 12.3. The van der Waals surface area contributed by atoms with Crippen LogP contribution in [-0.2, 0) is 0 Å². The summed E-state index contributed by atoms with van der Waals surface area (Å²) in [4.78, 5) is 0. The van der Waals surface area contributed by atoms with Gasteiger partial charge in [-0.15, -0.1) is 0 Å². The second-order valence-corrected chi connectivity index (χ2v) is 5.44. The fraction of sp³-hybridized carbons (Fsp3) is 0.0435. The first-order valence-corrected chi connectivity index (χ1v) is 8.16. The van der Waals surface area contributed by atoms with Gasteiger partial charge in [0.1, 0.15) is 17.2 Å². The number of ether oxygens (including phenoxy) is 2. The summed E-state index contributed by atoms with van der Waals surface area (Å²) in [6, 6.07) is 33.8. The summed E-state index contributed by atoms with van der Waals surface area (Å²) in [6.07, 6.45) is 0. The summed E-state index contributed by atoms with van der Waals surface area (Å²) in [7, 11) is 1.68. The molecule has 0 N–H and O–H groups in total. The van der Waals surface area contributed by atoms with Crippen LogP contribution in [0.4, 0.5) is 0 Å². The van der Waals surface area contributed by atoms with Gasteiger partial charge in [0.15, 0.2) is 0 Å². The van der Waals surface area contributed by atoms with Crippen LogP contribution in [0, 0.1) is 0 Å². The van der Waals surface area contributed by atoms with Crippen LogP contribution in [0.2, 0.25) is 0 Å². The molecule has 0 unspecified atom stereocenters. The molecule has 0 atom stereocenters. The second kappa shape index (κ2) is 8.55. The van der Waals surface area contributed by atoms with Crippen molar-refractivity contribution in [2.45, 2.75) is 0 Å². The summed E-state index contributed by atoms with van der Waals surface area (Å²) in [6.45, 7) is 0. The Morgan fingerprint density at radius 3 is 1.56 bits per heavy atom. The highest BCUT2D eigenvalue weighted by molar-refractivity contribution is 5.83. The van der Waals surface area contributed by atoms with Gasteiger partial charge in [-0.3, -0.25) is 0 Å². The van der Waals surface area contributed by atoms with Crippen molar-refractivity contribution >= 4 is 10.8 Å².